The molecule has 1 saturated heterocycles. The molecule has 1 aromatic carbocycles. The molecule has 12 atom stereocenters. The van der Waals surface area contributed by atoms with Crippen molar-refractivity contribution in [2.75, 3.05) is 57.9 Å². The molecule has 4 heterocycles. The first-order valence-corrected chi connectivity index (χ1v) is 33.2. The number of carboxylic acids is 1. The molecule has 0 saturated carbocycles. The Balaban J connectivity index is 1.49. The third-order valence-corrected chi connectivity index (χ3v) is 19.3. The van der Waals surface area contributed by atoms with Gasteiger partial charge < -0.3 is 78.0 Å². The molecule has 500 valence electrons. The lowest BCUT2D eigenvalue weighted by Gasteiger charge is -2.32. The fourth-order valence-corrected chi connectivity index (χ4v) is 13.7. The summed E-state index contributed by atoms with van der Waals surface area (Å²) in [7, 11) is -0.963. The van der Waals surface area contributed by atoms with E-state index in [-0.39, 0.29) is 41.0 Å². The highest BCUT2D eigenvalue weighted by molar-refractivity contribution is 7.98. The second-order valence-electron chi connectivity index (χ2n) is 23.6. The third-order valence-electron chi connectivity index (χ3n) is 16.8. The van der Waals surface area contributed by atoms with Crippen LogP contribution in [0.2, 0.25) is 0 Å². The van der Waals surface area contributed by atoms with Gasteiger partial charge in [-0.3, -0.25) is 56.9 Å². The van der Waals surface area contributed by atoms with Crippen LogP contribution in [0, 0.1) is 29.6 Å². The molecule has 2 unspecified atom stereocenters. The van der Waals surface area contributed by atoms with Crippen LogP contribution in [0.25, 0.3) is 10.9 Å². The van der Waals surface area contributed by atoms with Crippen LogP contribution in [-0.2, 0) is 75.7 Å². The molecule has 5 rings (SSSR count). The van der Waals surface area contributed by atoms with Crippen LogP contribution in [0.1, 0.15) is 129 Å². The number of carboxylic acid groups (broad SMARTS) is 1. The van der Waals surface area contributed by atoms with E-state index in [9.17, 15) is 72.9 Å². The number of nitrogens with one attached hydrogen (secondary N) is 8. The van der Waals surface area contributed by atoms with Crippen LogP contribution in [0.4, 0.5) is 4.79 Å². The molecular weight excluding hydrogens is 1210 g/mol. The number of H-pyrrole nitrogens is 1. The van der Waals surface area contributed by atoms with Gasteiger partial charge in [0.25, 0.3) is 0 Å². The second-order valence-corrected chi connectivity index (χ2v) is 26.2. The molecule has 2 bridgehead atoms. The van der Waals surface area contributed by atoms with Crippen LogP contribution in [0.15, 0.2) is 17.2 Å². The van der Waals surface area contributed by atoms with E-state index < -0.39 is 193 Å². The number of amides is 9. The number of primary amides is 1. The lowest BCUT2D eigenvalue weighted by atomic mass is 9.85. The summed E-state index contributed by atoms with van der Waals surface area (Å²) in [5, 5.41) is 59.5. The molecule has 3 aliphatic rings. The van der Waals surface area contributed by atoms with Gasteiger partial charge in [0.15, 0.2) is 11.6 Å². The average molecular weight is 1300 g/mol. The van der Waals surface area contributed by atoms with Crippen LogP contribution in [-0.4, -0.2) is 200 Å². The summed E-state index contributed by atoms with van der Waals surface area (Å²) >= 11 is 1.51. The minimum absolute atomic E-state index is 0.0566. The lowest BCUT2D eigenvalue weighted by molar-refractivity contribution is -0.144. The van der Waals surface area contributed by atoms with Crippen LogP contribution >= 0.6 is 11.8 Å². The molecule has 1 aromatic heterocycles. The molecule has 3 aliphatic heterocycles. The number of aliphatic hydroxyl groups excluding tert-OH is 3. The van der Waals surface area contributed by atoms with Crippen molar-refractivity contribution in [2.45, 2.75) is 171 Å². The minimum Gasteiger partial charge on any atom is -0.496 e. The number of rotatable bonds is 26. The number of urea groups is 1. The predicted molar refractivity (Wildman–Crippen MR) is 330 cm³/mol. The average Bonchev–Trinajstić information content (AvgIpc) is 2.02. The zero-order chi connectivity index (χ0) is 66.4. The first-order valence-electron chi connectivity index (χ1n) is 30.8. The lowest BCUT2D eigenvalue weighted by Crippen LogP contribution is -2.60. The van der Waals surface area contributed by atoms with E-state index in [1.54, 1.807) is 32.9 Å². The van der Waals surface area contributed by atoms with Gasteiger partial charge in [-0.05, 0) is 61.5 Å². The Morgan fingerprint density at radius 2 is 1.53 bits per heavy atom. The summed E-state index contributed by atoms with van der Waals surface area (Å²) < 4.78 is 21.2. The van der Waals surface area contributed by atoms with Crippen molar-refractivity contribution in [3.8, 4) is 5.75 Å². The smallest absolute Gasteiger partial charge is 0.314 e. The molecule has 0 spiro atoms. The zero-order valence-corrected chi connectivity index (χ0v) is 53.5. The number of aliphatic carboxylic acids is 1. The van der Waals surface area contributed by atoms with Crippen molar-refractivity contribution < 1.29 is 86.9 Å². The first-order chi connectivity index (χ1) is 42.8. The Kier molecular flexibility index (Phi) is 29.6. The summed E-state index contributed by atoms with van der Waals surface area (Å²) in [5.74, 6) is -13.6. The number of hydrogen-bond donors (Lipinski definition) is 13. The van der Waals surface area contributed by atoms with E-state index in [1.165, 1.54) is 25.8 Å². The number of ether oxygens (including phenoxy) is 1. The fourth-order valence-electron chi connectivity index (χ4n) is 11.3. The van der Waals surface area contributed by atoms with E-state index in [4.69, 9.17) is 15.6 Å². The quantitative estimate of drug-likeness (QED) is 0.0547. The second kappa shape index (κ2) is 36.1. The van der Waals surface area contributed by atoms with Gasteiger partial charge in [0, 0.05) is 85.7 Å². The maximum atomic E-state index is 15.3. The highest BCUT2D eigenvalue weighted by Crippen LogP contribution is 2.37. The number of thioether (sulfide) groups is 1. The monoisotopic (exact) mass is 1300 g/mol. The standard InChI is InChI=1S/C60H90N10O18S2/c1-6-32(2)39-23-36(72)26-64-54(81)35-21-40-38-15-16-48(88-5)41(30-89-19-13-12-18-63-60(86)62-17-11-9-7-8-10-14-45(74)33(3)20-51(79)80)53(38)69-58(40)90(87)31-43(66-50(78)27-65-55(39)82)56(83)67-42(25-49(61)77)59(85)70-28-37(73)24-44(70)57(84)68-52(46(75)22-35)34(4)47(76)29-71/h15-16,32-35,37,39,42-44,47,52,69,71,73,76H,6-14,17-31H2,1-5H3,(H2,61,77)(H,64,81)(H,65,82)(H,66,78)(H,67,83)(H,68,84)(H,79,80)(H2,62,63,86)/t32-,33?,34-,35+,37+,39-,42-,43-,44-,47-,52-,90?/m0/s1. The summed E-state index contributed by atoms with van der Waals surface area (Å²) in [6, 6.07) is -3.98. The van der Waals surface area contributed by atoms with Crippen LogP contribution < -0.4 is 47.7 Å². The van der Waals surface area contributed by atoms with Gasteiger partial charge in [0.1, 0.15) is 34.7 Å². The number of methoxy groups -OCH3 is 1. The zero-order valence-electron chi connectivity index (χ0n) is 51.8. The molecule has 1 fully saturated rings. The molecule has 30 heteroatoms. The number of nitrogens with zero attached hydrogens (tertiary/aromatic N) is 1. The number of aromatic nitrogens is 1. The summed E-state index contributed by atoms with van der Waals surface area (Å²) in [5.41, 5.74) is 6.74. The molecular formula is C60H90N10O18S2. The van der Waals surface area contributed by atoms with Crippen molar-refractivity contribution >= 4 is 104 Å². The number of carbonyl (C=O) groups is 12. The van der Waals surface area contributed by atoms with Crippen molar-refractivity contribution in [3.05, 3.63) is 23.3 Å². The topological polar surface area (TPSA) is 441 Å². The SMILES string of the molecule is CC[C@H](C)[C@@H]1CC(=O)CNC(=O)[C@H]2CC(=O)[C@H]([C@@H](C)[C@@H](O)CO)NC(=O)[C@@H]3C[C@@H](O)CN3C(=O)[C@H](CC(N)=O)NC(=O)[C@H](CS(=O)c3[nH]c4c(CSCCCCNC(=O)NCCCCCCCC(=O)C(C)CC(=O)O)c(OC)ccc4c3C2)NC(=O)CNC1=O. The fraction of sp³-hybridized carbons (Fsp3) is 0.667. The summed E-state index contributed by atoms with van der Waals surface area (Å²) in [6.07, 6.45) is 0.0316. The van der Waals surface area contributed by atoms with Gasteiger partial charge in [0.2, 0.25) is 41.4 Å². The van der Waals surface area contributed by atoms with Gasteiger partial charge >= 0.3 is 12.0 Å². The normalized spacial score (nSPS) is 24.0. The van der Waals surface area contributed by atoms with Gasteiger partial charge in [-0.15, -0.1) is 0 Å². The Hall–Kier alpha value is -7.02. The largest absolute Gasteiger partial charge is 0.496 e. The van der Waals surface area contributed by atoms with Gasteiger partial charge in [-0.25, -0.2) is 4.79 Å². The number of nitrogens with two attached hydrogens (primary N) is 1. The molecule has 0 radical (unpaired) electrons. The number of aliphatic hydroxyl groups is 3. The maximum absolute atomic E-state index is 15.3. The molecule has 0 aliphatic carbocycles. The van der Waals surface area contributed by atoms with E-state index >= 15 is 4.21 Å². The highest BCUT2D eigenvalue weighted by atomic mass is 32.2. The Morgan fingerprint density at radius 3 is 2.20 bits per heavy atom. The Bertz CT molecular complexity index is 2940. The van der Waals surface area contributed by atoms with Crippen LogP contribution in [0.3, 0.4) is 0 Å². The number of Topliss-reactive ketones (excluding diaryl/α,β-unsaturated/α-hetero) is 3. The van der Waals surface area contributed by atoms with Gasteiger partial charge in [-0.1, -0.05) is 53.4 Å². The number of aromatic amines is 1. The molecule has 14 N–H and O–H groups in total. The molecule has 9 amide bonds. The Morgan fingerprint density at radius 1 is 0.856 bits per heavy atom. The number of carbonyl (C=O) groups excluding carboxylic acids is 11. The van der Waals surface area contributed by atoms with Gasteiger partial charge in [0.05, 0.1) is 80.0 Å². The summed E-state index contributed by atoms with van der Waals surface area (Å²) in [6.45, 7) is 4.56. The van der Waals surface area contributed by atoms with Crippen molar-refractivity contribution in [3.63, 3.8) is 0 Å². The van der Waals surface area contributed by atoms with Crippen molar-refractivity contribution in [2.24, 2.45) is 35.3 Å². The number of hydrogen-bond acceptors (Lipinski definition) is 18. The van der Waals surface area contributed by atoms with Crippen molar-refractivity contribution in [1.82, 2.24) is 47.1 Å². The number of benzene rings is 1. The predicted octanol–water partition coefficient (Wildman–Crippen LogP) is -0.103. The van der Waals surface area contributed by atoms with Gasteiger partial charge in [-0.2, -0.15) is 11.8 Å². The Labute approximate surface area is 529 Å². The summed E-state index contributed by atoms with van der Waals surface area (Å²) in [4.78, 5) is 167. The van der Waals surface area contributed by atoms with E-state index in [0.29, 0.717) is 73.2 Å². The van der Waals surface area contributed by atoms with E-state index in [2.05, 4.69) is 42.2 Å². The maximum Gasteiger partial charge on any atom is 0.314 e. The van der Waals surface area contributed by atoms with E-state index in [1.807, 2.05) is 0 Å². The molecule has 28 nitrogen and oxygen atoms in total. The first kappa shape index (κ1) is 73.7. The van der Waals surface area contributed by atoms with Crippen molar-refractivity contribution in [1.29, 1.82) is 0 Å². The highest BCUT2D eigenvalue weighted by Gasteiger charge is 2.45. The number of ketones is 3. The number of fused-ring (bicyclic) bond motifs is 5. The number of unbranched alkanes of at least 4 members (excludes halogenated alkanes) is 5. The molecule has 90 heavy (non-hydrogen) atoms. The van der Waals surface area contributed by atoms with E-state index in [0.717, 1.165) is 30.6 Å². The minimum atomic E-state index is -2.41. The third kappa shape index (κ3) is 21.6. The van der Waals surface area contributed by atoms with Crippen LogP contribution in [0.5, 0.6) is 5.75 Å². The molecule has 2 aromatic rings.